The topological polar surface area (TPSA) is 54.5 Å². The summed E-state index contributed by atoms with van der Waals surface area (Å²) in [7, 11) is 1.96. The monoisotopic (exact) mass is 305 g/mol. The summed E-state index contributed by atoms with van der Waals surface area (Å²) >= 11 is 0. The molecule has 0 aliphatic carbocycles. The van der Waals surface area contributed by atoms with Gasteiger partial charge in [-0.1, -0.05) is 6.07 Å². The van der Waals surface area contributed by atoms with E-state index in [2.05, 4.69) is 16.4 Å². The maximum absolute atomic E-state index is 12.2. The van der Waals surface area contributed by atoms with Gasteiger partial charge in [-0.05, 0) is 58.7 Å². The fourth-order valence-electron chi connectivity index (χ4n) is 2.89. The van der Waals surface area contributed by atoms with Crippen LogP contribution in [0.25, 0.3) is 0 Å². The third kappa shape index (κ3) is 4.19. The van der Waals surface area contributed by atoms with Crippen molar-refractivity contribution in [2.24, 2.45) is 5.92 Å². The molecule has 0 spiro atoms. The van der Waals surface area contributed by atoms with Crippen LogP contribution in [0.5, 0.6) is 0 Å². The van der Waals surface area contributed by atoms with Gasteiger partial charge < -0.3 is 15.0 Å². The van der Waals surface area contributed by atoms with E-state index in [9.17, 15) is 4.79 Å². The minimum absolute atomic E-state index is 0.209. The normalized spacial score (nSPS) is 20.0. The molecule has 2 unspecified atom stereocenters. The Bertz CT molecular complexity index is 508. The first kappa shape index (κ1) is 16.7. The number of nitrogens with one attached hydrogen (secondary N) is 1. The summed E-state index contributed by atoms with van der Waals surface area (Å²) in [5, 5.41) is 3.37. The van der Waals surface area contributed by atoms with Crippen molar-refractivity contribution < 1.29 is 9.53 Å². The molecule has 2 heterocycles. The number of pyridine rings is 1. The van der Waals surface area contributed by atoms with Crippen molar-refractivity contribution in [3.63, 3.8) is 0 Å². The van der Waals surface area contributed by atoms with E-state index < -0.39 is 5.60 Å². The lowest BCUT2D eigenvalue weighted by Gasteiger charge is -2.26. The zero-order chi connectivity index (χ0) is 16.3. The zero-order valence-electron chi connectivity index (χ0n) is 14.2. The number of aryl methyl sites for hydroxylation is 1. The van der Waals surface area contributed by atoms with Gasteiger partial charge >= 0.3 is 6.09 Å². The number of likely N-dealkylation sites (tertiary alicyclic amines) is 1. The van der Waals surface area contributed by atoms with Crippen LogP contribution in [-0.4, -0.2) is 41.7 Å². The summed E-state index contributed by atoms with van der Waals surface area (Å²) in [6, 6.07) is 4.35. The van der Waals surface area contributed by atoms with E-state index in [-0.39, 0.29) is 12.1 Å². The number of carbonyl (C=O) groups is 1. The highest BCUT2D eigenvalue weighted by molar-refractivity contribution is 5.68. The van der Waals surface area contributed by atoms with Crippen LogP contribution >= 0.6 is 0 Å². The Morgan fingerprint density at radius 2 is 2.18 bits per heavy atom. The number of amides is 1. The Morgan fingerprint density at radius 1 is 1.45 bits per heavy atom. The summed E-state index contributed by atoms with van der Waals surface area (Å²) in [6.45, 7) is 9.13. The SMILES string of the molecule is CNC(c1ccc(C)nc1)C1CCN(C(=O)OC(C)(C)C)C1. The van der Waals surface area contributed by atoms with Crippen LogP contribution in [0, 0.1) is 12.8 Å². The second-order valence-electron chi connectivity index (χ2n) is 6.97. The molecular weight excluding hydrogens is 278 g/mol. The maximum atomic E-state index is 12.2. The number of hydrogen-bond donors (Lipinski definition) is 1. The molecule has 5 heteroatoms. The average Bonchev–Trinajstić information content (AvgIpc) is 2.89. The van der Waals surface area contributed by atoms with Crippen molar-refractivity contribution >= 4 is 6.09 Å². The molecule has 0 aromatic carbocycles. The van der Waals surface area contributed by atoms with Gasteiger partial charge in [0.15, 0.2) is 0 Å². The molecule has 122 valence electrons. The molecule has 22 heavy (non-hydrogen) atoms. The van der Waals surface area contributed by atoms with E-state index >= 15 is 0 Å². The fraction of sp³-hybridized carbons (Fsp3) is 0.647. The van der Waals surface area contributed by atoms with Gasteiger partial charge in [0.2, 0.25) is 0 Å². The zero-order valence-corrected chi connectivity index (χ0v) is 14.2. The summed E-state index contributed by atoms with van der Waals surface area (Å²) in [4.78, 5) is 18.4. The molecule has 0 saturated carbocycles. The predicted octanol–water partition coefficient (Wildman–Crippen LogP) is 2.91. The van der Waals surface area contributed by atoms with E-state index in [1.165, 1.54) is 5.56 Å². The van der Waals surface area contributed by atoms with Gasteiger partial charge in [-0.25, -0.2) is 4.79 Å². The lowest BCUT2D eigenvalue weighted by Crippen LogP contribution is -2.36. The van der Waals surface area contributed by atoms with Gasteiger partial charge in [0.1, 0.15) is 5.60 Å². The Labute approximate surface area is 133 Å². The van der Waals surface area contributed by atoms with Gasteiger partial charge in [0.25, 0.3) is 0 Å². The van der Waals surface area contributed by atoms with Crippen LogP contribution in [0.3, 0.4) is 0 Å². The first-order valence-corrected chi connectivity index (χ1v) is 7.88. The van der Waals surface area contributed by atoms with Gasteiger partial charge in [-0.2, -0.15) is 0 Å². The van der Waals surface area contributed by atoms with Gasteiger partial charge in [-0.3, -0.25) is 4.98 Å². The van der Waals surface area contributed by atoms with Crippen LogP contribution in [0.4, 0.5) is 4.79 Å². The lowest BCUT2D eigenvalue weighted by molar-refractivity contribution is 0.0285. The molecule has 1 amide bonds. The molecular formula is C17H27N3O2. The van der Waals surface area contributed by atoms with Crippen LogP contribution in [-0.2, 0) is 4.74 Å². The van der Waals surface area contributed by atoms with Gasteiger partial charge in [-0.15, -0.1) is 0 Å². The molecule has 0 radical (unpaired) electrons. The molecule has 5 nitrogen and oxygen atoms in total. The van der Waals surface area contributed by atoms with Crippen molar-refractivity contribution in [3.05, 3.63) is 29.6 Å². The third-order valence-electron chi connectivity index (χ3n) is 3.95. The summed E-state index contributed by atoms with van der Waals surface area (Å²) in [6.07, 6.45) is 2.68. The van der Waals surface area contributed by atoms with Crippen LogP contribution < -0.4 is 5.32 Å². The second kappa shape index (κ2) is 6.65. The van der Waals surface area contributed by atoms with Crippen LogP contribution in [0.1, 0.15) is 44.5 Å². The molecule has 1 fully saturated rings. The minimum atomic E-state index is -0.446. The van der Waals surface area contributed by atoms with Gasteiger partial charge in [0.05, 0.1) is 0 Å². The quantitative estimate of drug-likeness (QED) is 0.933. The number of nitrogens with zero attached hydrogens (tertiary/aromatic N) is 2. The van der Waals surface area contributed by atoms with Crippen molar-refractivity contribution in [2.75, 3.05) is 20.1 Å². The standard InChI is InChI=1S/C17H27N3O2/c1-12-6-7-13(10-19-12)15(18-5)14-8-9-20(11-14)16(21)22-17(2,3)4/h6-7,10,14-15,18H,8-9,11H2,1-5H3. The third-order valence-corrected chi connectivity index (χ3v) is 3.95. The highest BCUT2D eigenvalue weighted by atomic mass is 16.6. The fourth-order valence-corrected chi connectivity index (χ4v) is 2.89. The maximum Gasteiger partial charge on any atom is 0.410 e. The van der Waals surface area contributed by atoms with E-state index in [1.54, 1.807) is 0 Å². The Kier molecular flexibility index (Phi) is 5.06. The minimum Gasteiger partial charge on any atom is -0.444 e. The molecule has 0 bridgehead atoms. The van der Waals surface area contributed by atoms with Crippen molar-refractivity contribution in [2.45, 2.75) is 45.8 Å². The molecule has 2 atom stereocenters. The number of ether oxygens (including phenoxy) is 1. The Balaban J connectivity index is 2.01. The summed E-state index contributed by atoms with van der Waals surface area (Å²) in [5.74, 6) is 0.377. The Hall–Kier alpha value is -1.62. The van der Waals surface area contributed by atoms with Crippen LogP contribution in [0.15, 0.2) is 18.3 Å². The first-order valence-electron chi connectivity index (χ1n) is 7.88. The molecule has 1 N–H and O–H groups in total. The highest BCUT2D eigenvalue weighted by Gasteiger charge is 2.34. The number of aromatic nitrogens is 1. The molecule has 1 aliphatic rings. The predicted molar refractivity (Wildman–Crippen MR) is 86.7 cm³/mol. The van der Waals surface area contributed by atoms with E-state index in [0.717, 1.165) is 18.7 Å². The van der Waals surface area contributed by atoms with E-state index in [0.29, 0.717) is 12.5 Å². The van der Waals surface area contributed by atoms with Crippen LogP contribution in [0.2, 0.25) is 0 Å². The summed E-state index contributed by atoms with van der Waals surface area (Å²) < 4.78 is 5.46. The number of carbonyl (C=O) groups excluding carboxylic acids is 1. The molecule has 1 aromatic rings. The lowest BCUT2D eigenvalue weighted by atomic mass is 9.93. The number of hydrogen-bond acceptors (Lipinski definition) is 4. The largest absolute Gasteiger partial charge is 0.444 e. The number of rotatable bonds is 3. The smallest absolute Gasteiger partial charge is 0.410 e. The second-order valence-corrected chi connectivity index (χ2v) is 6.97. The van der Waals surface area contributed by atoms with E-state index in [1.807, 2.05) is 51.9 Å². The summed E-state index contributed by atoms with van der Waals surface area (Å²) in [5.41, 5.74) is 1.74. The molecule has 1 aromatic heterocycles. The van der Waals surface area contributed by atoms with E-state index in [4.69, 9.17) is 4.74 Å². The highest BCUT2D eigenvalue weighted by Crippen LogP contribution is 2.30. The molecule has 1 saturated heterocycles. The van der Waals surface area contributed by atoms with Gasteiger partial charge in [0, 0.05) is 31.0 Å². The Morgan fingerprint density at radius 3 is 2.73 bits per heavy atom. The molecule has 2 rings (SSSR count). The van der Waals surface area contributed by atoms with Crippen molar-refractivity contribution in [3.8, 4) is 0 Å². The van der Waals surface area contributed by atoms with Crippen molar-refractivity contribution in [1.82, 2.24) is 15.2 Å². The van der Waals surface area contributed by atoms with Crippen molar-refractivity contribution in [1.29, 1.82) is 0 Å². The average molecular weight is 305 g/mol. The first-order chi connectivity index (χ1) is 10.3. The molecule has 1 aliphatic heterocycles.